The average Bonchev–Trinajstić information content (AvgIpc) is 2.98. The fraction of sp³-hybridized carbons (Fsp3) is 0.250. The lowest BCUT2D eigenvalue weighted by molar-refractivity contribution is -0.115. The molecule has 0 atom stereocenters. The quantitative estimate of drug-likeness (QED) is 0.807. The van der Waals surface area contributed by atoms with Gasteiger partial charge in [0.05, 0.1) is 12.1 Å². The van der Waals surface area contributed by atoms with Gasteiger partial charge in [0.2, 0.25) is 5.91 Å². The van der Waals surface area contributed by atoms with E-state index in [4.69, 9.17) is 0 Å². The van der Waals surface area contributed by atoms with Crippen LogP contribution in [0.4, 0.5) is 5.13 Å². The molecule has 0 radical (unpaired) electrons. The van der Waals surface area contributed by atoms with Crippen LogP contribution in [0.25, 0.3) is 4.96 Å². The van der Waals surface area contributed by atoms with Crippen molar-refractivity contribution in [2.45, 2.75) is 20.3 Å². The first-order valence-corrected chi connectivity index (χ1v) is 7.46. The summed E-state index contributed by atoms with van der Waals surface area (Å²) in [5.74, 6) is -0.0552. The summed E-state index contributed by atoms with van der Waals surface area (Å²) in [7, 11) is 0. The van der Waals surface area contributed by atoms with Crippen LogP contribution < -0.4 is 5.32 Å². The van der Waals surface area contributed by atoms with Gasteiger partial charge in [-0.2, -0.15) is 0 Å². The molecule has 3 heterocycles. The van der Waals surface area contributed by atoms with Crippen molar-refractivity contribution in [2.24, 2.45) is 0 Å². The standard InChI is InChI=1S/C12H12N4OS2/c1-7-5-16-9(6-18-12(16)14-7)3-10(17)15-11-13-4-8(2)19-11/h4-6H,3H2,1-2H3,(H,13,15,17). The van der Waals surface area contributed by atoms with Crippen molar-refractivity contribution in [3.63, 3.8) is 0 Å². The van der Waals surface area contributed by atoms with E-state index in [0.717, 1.165) is 21.2 Å². The first-order chi connectivity index (χ1) is 9.11. The minimum absolute atomic E-state index is 0.0552. The molecule has 0 aliphatic rings. The van der Waals surface area contributed by atoms with Gasteiger partial charge in [0.25, 0.3) is 0 Å². The number of imidazole rings is 1. The molecule has 0 unspecified atom stereocenters. The summed E-state index contributed by atoms with van der Waals surface area (Å²) in [6.07, 6.45) is 4.03. The SMILES string of the molecule is Cc1cn2c(CC(=O)Nc3ncc(C)s3)csc2n1. The van der Waals surface area contributed by atoms with E-state index >= 15 is 0 Å². The number of nitrogens with zero attached hydrogens (tertiary/aromatic N) is 3. The summed E-state index contributed by atoms with van der Waals surface area (Å²) in [4.78, 5) is 22.5. The predicted molar refractivity (Wildman–Crippen MR) is 77.0 cm³/mol. The van der Waals surface area contributed by atoms with Crippen LogP contribution in [0.2, 0.25) is 0 Å². The topological polar surface area (TPSA) is 59.3 Å². The van der Waals surface area contributed by atoms with Crippen molar-refractivity contribution in [1.82, 2.24) is 14.4 Å². The third-order valence-corrected chi connectivity index (χ3v) is 4.33. The summed E-state index contributed by atoms with van der Waals surface area (Å²) in [5, 5.41) is 5.43. The molecule has 0 aliphatic carbocycles. The van der Waals surface area contributed by atoms with Crippen molar-refractivity contribution in [2.75, 3.05) is 5.32 Å². The Labute approximate surface area is 117 Å². The first-order valence-electron chi connectivity index (χ1n) is 5.76. The molecule has 0 saturated heterocycles. The molecule has 3 aromatic heterocycles. The maximum absolute atomic E-state index is 12.0. The Morgan fingerprint density at radius 1 is 1.47 bits per heavy atom. The molecular weight excluding hydrogens is 280 g/mol. The summed E-state index contributed by atoms with van der Waals surface area (Å²) < 4.78 is 1.96. The monoisotopic (exact) mass is 292 g/mol. The maximum Gasteiger partial charge on any atom is 0.232 e. The molecule has 1 amide bonds. The van der Waals surface area contributed by atoms with E-state index in [1.807, 2.05) is 29.8 Å². The molecule has 0 fully saturated rings. The van der Waals surface area contributed by atoms with Gasteiger partial charge in [-0.25, -0.2) is 9.97 Å². The highest BCUT2D eigenvalue weighted by molar-refractivity contribution is 7.15. The minimum Gasteiger partial charge on any atom is -0.302 e. The second-order valence-corrected chi connectivity index (χ2v) is 6.33. The van der Waals surface area contributed by atoms with Crippen molar-refractivity contribution in [3.05, 3.63) is 34.0 Å². The van der Waals surface area contributed by atoms with Gasteiger partial charge < -0.3 is 5.32 Å². The molecule has 0 bridgehead atoms. The molecular formula is C12H12N4OS2. The number of nitrogens with one attached hydrogen (secondary N) is 1. The van der Waals surface area contributed by atoms with Crippen molar-refractivity contribution >= 4 is 38.7 Å². The molecule has 7 heteroatoms. The smallest absolute Gasteiger partial charge is 0.232 e. The van der Waals surface area contributed by atoms with Gasteiger partial charge in [0, 0.05) is 28.3 Å². The normalized spacial score (nSPS) is 11.1. The van der Waals surface area contributed by atoms with Crippen LogP contribution in [0.5, 0.6) is 0 Å². The van der Waals surface area contributed by atoms with Crippen LogP contribution in [0.1, 0.15) is 16.3 Å². The van der Waals surface area contributed by atoms with Gasteiger partial charge in [-0.15, -0.1) is 22.7 Å². The van der Waals surface area contributed by atoms with Crippen molar-refractivity contribution in [1.29, 1.82) is 0 Å². The molecule has 1 N–H and O–H groups in total. The molecule has 19 heavy (non-hydrogen) atoms. The Morgan fingerprint density at radius 3 is 3.05 bits per heavy atom. The fourth-order valence-electron chi connectivity index (χ4n) is 1.81. The predicted octanol–water partition coefficient (Wildman–Crippen LogP) is 2.65. The minimum atomic E-state index is -0.0552. The average molecular weight is 292 g/mol. The molecule has 0 aromatic carbocycles. The molecule has 3 aromatic rings. The van der Waals surface area contributed by atoms with E-state index in [-0.39, 0.29) is 5.91 Å². The highest BCUT2D eigenvalue weighted by Crippen LogP contribution is 2.19. The zero-order valence-electron chi connectivity index (χ0n) is 10.5. The third-order valence-electron chi connectivity index (χ3n) is 2.61. The summed E-state index contributed by atoms with van der Waals surface area (Å²) >= 11 is 3.02. The maximum atomic E-state index is 12.0. The Hall–Kier alpha value is -1.73. The lowest BCUT2D eigenvalue weighted by atomic mass is 10.3. The van der Waals surface area contributed by atoms with Gasteiger partial charge in [-0.1, -0.05) is 0 Å². The van der Waals surface area contributed by atoms with E-state index in [2.05, 4.69) is 15.3 Å². The Balaban J connectivity index is 1.75. The number of aromatic nitrogens is 3. The lowest BCUT2D eigenvalue weighted by Gasteiger charge is -2.00. The third kappa shape index (κ3) is 2.52. The largest absolute Gasteiger partial charge is 0.302 e. The number of aryl methyl sites for hydroxylation is 2. The Morgan fingerprint density at radius 2 is 2.32 bits per heavy atom. The number of anilines is 1. The number of fused-ring (bicyclic) bond motifs is 1. The molecule has 0 spiro atoms. The number of hydrogen-bond acceptors (Lipinski definition) is 5. The summed E-state index contributed by atoms with van der Waals surface area (Å²) in [6.45, 7) is 3.91. The van der Waals surface area contributed by atoms with E-state index < -0.39 is 0 Å². The highest BCUT2D eigenvalue weighted by Gasteiger charge is 2.11. The summed E-state index contributed by atoms with van der Waals surface area (Å²) in [5.41, 5.74) is 1.91. The van der Waals surface area contributed by atoms with Gasteiger partial charge in [0.15, 0.2) is 10.1 Å². The second-order valence-electron chi connectivity index (χ2n) is 4.26. The first kappa shape index (κ1) is 12.3. The van der Waals surface area contributed by atoms with Crippen molar-refractivity contribution < 1.29 is 4.79 Å². The van der Waals surface area contributed by atoms with Crippen LogP contribution in [0.3, 0.4) is 0 Å². The van der Waals surface area contributed by atoms with Gasteiger partial charge in [-0.05, 0) is 13.8 Å². The van der Waals surface area contributed by atoms with E-state index in [0.29, 0.717) is 11.6 Å². The molecule has 5 nitrogen and oxygen atoms in total. The number of amides is 1. The molecule has 3 rings (SSSR count). The number of hydrogen-bond donors (Lipinski definition) is 1. The van der Waals surface area contributed by atoms with Gasteiger partial charge in [0.1, 0.15) is 0 Å². The summed E-state index contributed by atoms with van der Waals surface area (Å²) in [6, 6.07) is 0. The fourth-order valence-corrected chi connectivity index (χ4v) is 3.41. The number of rotatable bonds is 3. The number of carbonyl (C=O) groups is 1. The van der Waals surface area contributed by atoms with Crippen LogP contribution in [-0.2, 0) is 11.2 Å². The van der Waals surface area contributed by atoms with Crippen LogP contribution in [0, 0.1) is 13.8 Å². The van der Waals surface area contributed by atoms with Gasteiger partial charge in [-0.3, -0.25) is 9.20 Å². The van der Waals surface area contributed by atoms with Crippen LogP contribution in [-0.4, -0.2) is 20.3 Å². The van der Waals surface area contributed by atoms with Gasteiger partial charge >= 0.3 is 0 Å². The van der Waals surface area contributed by atoms with Crippen molar-refractivity contribution in [3.8, 4) is 0 Å². The number of carbonyl (C=O) groups excluding carboxylic acids is 1. The van der Waals surface area contributed by atoms with Crippen LogP contribution in [0.15, 0.2) is 17.8 Å². The zero-order valence-corrected chi connectivity index (χ0v) is 12.1. The molecule has 0 saturated carbocycles. The number of thiazole rings is 2. The second kappa shape index (κ2) is 4.75. The van der Waals surface area contributed by atoms with Crippen LogP contribution >= 0.6 is 22.7 Å². The molecule has 0 aliphatic heterocycles. The molecule has 98 valence electrons. The Bertz CT molecular complexity index is 740. The highest BCUT2D eigenvalue weighted by atomic mass is 32.1. The van der Waals surface area contributed by atoms with E-state index in [9.17, 15) is 4.79 Å². The van der Waals surface area contributed by atoms with E-state index in [1.54, 1.807) is 17.5 Å². The lowest BCUT2D eigenvalue weighted by Crippen LogP contribution is -2.15. The Kier molecular flexibility index (Phi) is 3.08. The van der Waals surface area contributed by atoms with E-state index in [1.165, 1.54) is 11.3 Å². The zero-order chi connectivity index (χ0) is 13.4.